The first kappa shape index (κ1) is 12.1. The van der Waals surface area contributed by atoms with E-state index in [0.29, 0.717) is 6.42 Å². The Labute approximate surface area is 102 Å². The molecule has 1 aromatic carbocycles. The maximum atomic E-state index is 10.7. The number of aryl methyl sites for hydroxylation is 2. The van der Waals surface area contributed by atoms with Gasteiger partial charge in [-0.05, 0) is 48.8 Å². The van der Waals surface area contributed by atoms with E-state index in [9.17, 15) is 4.79 Å². The maximum absolute atomic E-state index is 10.7. The van der Waals surface area contributed by atoms with Crippen LogP contribution in [-0.4, -0.2) is 5.91 Å². The highest BCUT2D eigenvalue weighted by Crippen LogP contribution is 2.26. The van der Waals surface area contributed by atoms with E-state index in [0.717, 1.165) is 12.8 Å². The SMILES string of the molecule is NC(=O)CCCC(N)c1ccc2c(c1)CCC2. The first-order valence-corrected chi connectivity index (χ1v) is 6.32. The van der Waals surface area contributed by atoms with Gasteiger partial charge >= 0.3 is 0 Å². The first-order valence-electron chi connectivity index (χ1n) is 6.32. The average Bonchev–Trinajstić information content (AvgIpc) is 2.75. The molecule has 0 saturated carbocycles. The second-order valence-electron chi connectivity index (χ2n) is 4.85. The lowest BCUT2D eigenvalue weighted by atomic mass is 9.98. The number of carbonyl (C=O) groups is 1. The van der Waals surface area contributed by atoms with Crippen LogP contribution in [0.5, 0.6) is 0 Å². The summed E-state index contributed by atoms with van der Waals surface area (Å²) < 4.78 is 0. The van der Waals surface area contributed by atoms with Crippen LogP contribution in [0.4, 0.5) is 0 Å². The number of hydrogen-bond donors (Lipinski definition) is 2. The Bertz CT molecular complexity index is 415. The van der Waals surface area contributed by atoms with Crippen molar-refractivity contribution in [3.63, 3.8) is 0 Å². The van der Waals surface area contributed by atoms with Gasteiger partial charge in [-0.25, -0.2) is 0 Å². The first-order chi connectivity index (χ1) is 8.16. The van der Waals surface area contributed by atoms with Crippen LogP contribution in [0.25, 0.3) is 0 Å². The maximum Gasteiger partial charge on any atom is 0.217 e. The molecule has 1 aliphatic carbocycles. The summed E-state index contributed by atoms with van der Waals surface area (Å²) >= 11 is 0. The van der Waals surface area contributed by atoms with Crippen molar-refractivity contribution < 1.29 is 4.79 Å². The molecule has 2 rings (SSSR count). The zero-order chi connectivity index (χ0) is 12.3. The molecule has 0 aliphatic heterocycles. The summed E-state index contributed by atoms with van der Waals surface area (Å²) in [5.41, 5.74) is 15.3. The standard InChI is InChI=1S/C14H20N2O/c15-13(5-2-6-14(16)17)12-8-7-10-3-1-4-11(10)9-12/h7-9,13H,1-6,15H2,(H2,16,17). The van der Waals surface area contributed by atoms with E-state index < -0.39 is 0 Å². The third-order valence-electron chi connectivity index (χ3n) is 3.49. The van der Waals surface area contributed by atoms with Crippen molar-refractivity contribution in [3.05, 3.63) is 34.9 Å². The number of carbonyl (C=O) groups excluding carboxylic acids is 1. The van der Waals surface area contributed by atoms with Gasteiger partial charge in [0.1, 0.15) is 0 Å². The zero-order valence-electron chi connectivity index (χ0n) is 10.1. The van der Waals surface area contributed by atoms with Crippen molar-refractivity contribution in [3.8, 4) is 0 Å². The molecule has 0 saturated heterocycles. The Balaban J connectivity index is 1.95. The number of amides is 1. The van der Waals surface area contributed by atoms with Gasteiger partial charge in [-0.3, -0.25) is 4.79 Å². The number of fused-ring (bicyclic) bond motifs is 1. The quantitative estimate of drug-likeness (QED) is 0.813. The van der Waals surface area contributed by atoms with Gasteiger partial charge in [-0.15, -0.1) is 0 Å². The Morgan fingerprint density at radius 3 is 2.82 bits per heavy atom. The minimum atomic E-state index is -0.244. The highest BCUT2D eigenvalue weighted by Gasteiger charge is 2.13. The molecular weight excluding hydrogens is 212 g/mol. The highest BCUT2D eigenvalue weighted by atomic mass is 16.1. The molecule has 4 N–H and O–H groups in total. The molecule has 0 bridgehead atoms. The topological polar surface area (TPSA) is 69.1 Å². The Kier molecular flexibility index (Phi) is 3.79. The number of hydrogen-bond acceptors (Lipinski definition) is 2. The second kappa shape index (κ2) is 5.32. The predicted octanol–water partition coefficient (Wildman–Crippen LogP) is 1.83. The van der Waals surface area contributed by atoms with Crippen LogP contribution in [0, 0.1) is 0 Å². The van der Waals surface area contributed by atoms with Crippen molar-refractivity contribution >= 4 is 5.91 Å². The monoisotopic (exact) mass is 232 g/mol. The fourth-order valence-electron chi connectivity index (χ4n) is 2.49. The van der Waals surface area contributed by atoms with Crippen LogP contribution >= 0.6 is 0 Å². The second-order valence-corrected chi connectivity index (χ2v) is 4.85. The lowest BCUT2D eigenvalue weighted by molar-refractivity contribution is -0.118. The van der Waals surface area contributed by atoms with Gasteiger partial charge in [-0.1, -0.05) is 18.2 Å². The fourth-order valence-corrected chi connectivity index (χ4v) is 2.49. The highest BCUT2D eigenvalue weighted by molar-refractivity contribution is 5.73. The molecule has 0 spiro atoms. The van der Waals surface area contributed by atoms with E-state index in [4.69, 9.17) is 11.5 Å². The lowest BCUT2D eigenvalue weighted by Gasteiger charge is -2.13. The molecule has 0 aromatic heterocycles. The number of primary amides is 1. The summed E-state index contributed by atoms with van der Waals surface area (Å²) in [4.78, 5) is 10.7. The van der Waals surface area contributed by atoms with Crippen LogP contribution in [0.15, 0.2) is 18.2 Å². The van der Waals surface area contributed by atoms with E-state index in [1.54, 1.807) is 0 Å². The largest absolute Gasteiger partial charge is 0.370 e. The van der Waals surface area contributed by atoms with Crippen molar-refractivity contribution in [1.82, 2.24) is 0 Å². The Morgan fingerprint density at radius 2 is 2.06 bits per heavy atom. The third kappa shape index (κ3) is 3.07. The molecule has 1 aromatic rings. The van der Waals surface area contributed by atoms with Gasteiger partial charge in [-0.2, -0.15) is 0 Å². The normalized spacial score (nSPS) is 15.6. The van der Waals surface area contributed by atoms with Crippen molar-refractivity contribution in [2.45, 2.75) is 44.6 Å². The summed E-state index contributed by atoms with van der Waals surface area (Å²) in [5.74, 6) is -0.244. The van der Waals surface area contributed by atoms with Crippen molar-refractivity contribution in [1.29, 1.82) is 0 Å². The Morgan fingerprint density at radius 1 is 1.29 bits per heavy atom. The average molecular weight is 232 g/mol. The zero-order valence-corrected chi connectivity index (χ0v) is 10.1. The molecule has 1 unspecified atom stereocenters. The summed E-state index contributed by atoms with van der Waals surface area (Å²) in [6, 6.07) is 6.59. The van der Waals surface area contributed by atoms with Gasteiger partial charge in [0.05, 0.1) is 0 Å². The van der Waals surface area contributed by atoms with Gasteiger partial charge < -0.3 is 11.5 Å². The molecule has 0 radical (unpaired) electrons. The molecular formula is C14H20N2O. The molecule has 1 aliphatic rings. The summed E-state index contributed by atoms with van der Waals surface area (Å²) in [7, 11) is 0. The van der Waals surface area contributed by atoms with Gasteiger partial charge in [0.25, 0.3) is 0 Å². The molecule has 17 heavy (non-hydrogen) atoms. The van der Waals surface area contributed by atoms with Crippen LogP contribution in [-0.2, 0) is 17.6 Å². The molecule has 0 fully saturated rings. The van der Waals surface area contributed by atoms with E-state index >= 15 is 0 Å². The summed E-state index contributed by atoms with van der Waals surface area (Å²) in [6.45, 7) is 0. The van der Waals surface area contributed by atoms with Crippen molar-refractivity contribution in [2.75, 3.05) is 0 Å². The van der Waals surface area contributed by atoms with E-state index in [1.165, 1.54) is 36.0 Å². The number of benzene rings is 1. The Hall–Kier alpha value is -1.35. The molecule has 1 amide bonds. The smallest absolute Gasteiger partial charge is 0.217 e. The molecule has 1 atom stereocenters. The fraction of sp³-hybridized carbons (Fsp3) is 0.500. The minimum absolute atomic E-state index is 0.0280. The van der Waals surface area contributed by atoms with E-state index in [2.05, 4.69) is 18.2 Å². The summed E-state index contributed by atoms with van der Waals surface area (Å²) in [5, 5.41) is 0. The third-order valence-corrected chi connectivity index (χ3v) is 3.49. The van der Waals surface area contributed by atoms with Crippen LogP contribution in [0.1, 0.15) is 48.4 Å². The van der Waals surface area contributed by atoms with E-state index in [-0.39, 0.29) is 11.9 Å². The molecule has 3 nitrogen and oxygen atoms in total. The molecule has 3 heteroatoms. The minimum Gasteiger partial charge on any atom is -0.370 e. The number of rotatable bonds is 5. The molecule has 92 valence electrons. The number of nitrogens with two attached hydrogens (primary N) is 2. The van der Waals surface area contributed by atoms with Crippen LogP contribution in [0.3, 0.4) is 0 Å². The van der Waals surface area contributed by atoms with Gasteiger partial charge in [0.15, 0.2) is 0 Å². The van der Waals surface area contributed by atoms with Crippen LogP contribution in [0.2, 0.25) is 0 Å². The van der Waals surface area contributed by atoms with Crippen molar-refractivity contribution in [2.24, 2.45) is 11.5 Å². The molecule has 0 heterocycles. The van der Waals surface area contributed by atoms with E-state index in [1.807, 2.05) is 0 Å². The van der Waals surface area contributed by atoms with Crippen LogP contribution < -0.4 is 11.5 Å². The van der Waals surface area contributed by atoms with Gasteiger partial charge in [0, 0.05) is 12.5 Å². The summed E-state index contributed by atoms with van der Waals surface area (Å²) in [6.07, 6.45) is 5.66. The van der Waals surface area contributed by atoms with Gasteiger partial charge in [0.2, 0.25) is 5.91 Å². The predicted molar refractivity (Wildman–Crippen MR) is 68.4 cm³/mol. The lowest BCUT2D eigenvalue weighted by Crippen LogP contribution is -2.14.